The molecule has 0 spiro atoms. The van der Waals surface area contributed by atoms with Gasteiger partial charge in [-0.1, -0.05) is 18.2 Å². The maximum absolute atomic E-state index is 13.5. The first-order chi connectivity index (χ1) is 14.2. The number of pyridine rings is 2. The van der Waals surface area contributed by atoms with E-state index in [0.29, 0.717) is 5.92 Å². The fourth-order valence-electron chi connectivity index (χ4n) is 4.08. The van der Waals surface area contributed by atoms with Crippen molar-refractivity contribution in [1.82, 2.24) is 24.5 Å². The third-order valence-corrected chi connectivity index (χ3v) is 5.51. The normalized spacial score (nSPS) is 17.6. The van der Waals surface area contributed by atoms with Gasteiger partial charge in [-0.15, -0.1) is 0 Å². The lowest BCUT2D eigenvalue weighted by Crippen LogP contribution is -2.34. The second-order valence-electron chi connectivity index (χ2n) is 7.64. The van der Waals surface area contributed by atoms with Gasteiger partial charge in [0, 0.05) is 48.7 Å². The Kier molecular flexibility index (Phi) is 4.77. The largest absolute Gasteiger partial charge is 0.298 e. The van der Waals surface area contributed by atoms with Crippen molar-refractivity contribution in [3.05, 3.63) is 84.3 Å². The Morgan fingerprint density at radius 2 is 2.03 bits per heavy atom. The zero-order valence-corrected chi connectivity index (χ0v) is 16.1. The van der Waals surface area contributed by atoms with Crippen molar-refractivity contribution in [2.45, 2.75) is 25.3 Å². The highest BCUT2D eigenvalue weighted by Crippen LogP contribution is 2.27. The SMILES string of the molecule is Fc1cccc(CN2CCC[C@@H](c3nc4ccc(-c5cccnc5)cn4n3)C2)c1. The smallest absolute Gasteiger partial charge is 0.156 e. The summed E-state index contributed by atoms with van der Waals surface area (Å²) in [6.07, 6.45) is 7.80. The standard InChI is InChI=1S/C23H22FN5/c24-21-7-1-4-17(12-21)14-28-11-3-6-20(15-28)23-26-22-9-8-19(16-29(22)27-23)18-5-2-10-25-13-18/h1-2,4-5,7-10,12-13,16,20H,3,6,11,14-15H2/t20-/m1/s1. The lowest BCUT2D eigenvalue weighted by molar-refractivity contribution is 0.196. The second kappa shape index (κ2) is 7.72. The molecule has 146 valence electrons. The van der Waals surface area contributed by atoms with Crippen LogP contribution in [-0.4, -0.2) is 37.6 Å². The first-order valence-corrected chi connectivity index (χ1v) is 9.98. The monoisotopic (exact) mass is 387 g/mol. The molecule has 3 aromatic heterocycles. The highest BCUT2D eigenvalue weighted by molar-refractivity contribution is 5.63. The van der Waals surface area contributed by atoms with Crippen LogP contribution in [0.3, 0.4) is 0 Å². The molecule has 5 nitrogen and oxygen atoms in total. The van der Waals surface area contributed by atoms with E-state index >= 15 is 0 Å². The molecule has 1 aliphatic heterocycles. The van der Waals surface area contributed by atoms with E-state index < -0.39 is 0 Å². The molecule has 29 heavy (non-hydrogen) atoms. The molecule has 1 aromatic carbocycles. The summed E-state index contributed by atoms with van der Waals surface area (Å²) in [5, 5.41) is 4.78. The van der Waals surface area contributed by atoms with Gasteiger partial charge in [0.15, 0.2) is 11.5 Å². The summed E-state index contributed by atoms with van der Waals surface area (Å²) in [6.45, 7) is 2.67. The van der Waals surface area contributed by atoms with Gasteiger partial charge in [0.05, 0.1) is 0 Å². The summed E-state index contributed by atoms with van der Waals surface area (Å²) in [5.41, 5.74) is 3.99. The van der Waals surface area contributed by atoms with Crippen LogP contribution < -0.4 is 0 Å². The zero-order chi connectivity index (χ0) is 19.6. The van der Waals surface area contributed by atoms with Crippen molar-refractivity contribution in [1.29, 1.82) is 0 Å². The highest BCUT2D eigenvalue weighted by Gasteiger charge is 2.25. The quantitative estimate of drug-likeness (QED) is 0.524. The fourth-order valence-corrected chi connectivity index (χ4v) is 4.08. The van der Waals surface area contributed by atoms with Crippen LogP contribution in [0.5, 0.6) is 0 Å². The van der Waals surface area contributed by atoms with E-state index in [-0.39, 0.29) is 5.82 Å². The van der Waals surface area contributed by atoms with Crippen molar-refractivity contribution in [3.63, 3.8) is 0 Å². The average molecular weight is 387 g/mol. The van der Waals surface area contributed by atoms with Crippen LogP contribution in [0.1, 0.15) is 30.1 Å². The van der Waals surface area contributed by atoms with Crippen molar-refractivity contribution in [2.24, 2.45) is 0 Å². The Labute approximate surface area is 168 Å². The van der Waals surface area contributed by atoms with Crippen molar-refractivity contribution >= 4 is 5.65 Å². The van der Waals surface area contributed by atoms with Gasteiger partial charge in [-0.05, 0) is 55.3 Å². The van der Waals surface area contributed by atoms with Gasteiger partial charge in [0.25, 0.3) is 0 Å². The lowest BCUT2D eigenvalue weighted by atomic mass is 9.97. The van der Waals surface area contributed by atoms with Crippen LogP contribution in [0, 0.1) is 5.82 Å². The molecule has 0 bridgehead atoms. The molecule has 0 unspecified atom stereocenters. The van der Waals surface area contributed by atoms with E-state index in [1.165, 1.54) is 6.07 Å². The predicted octanol–water partition coefficient (Wildman–Crippen LogP) is 4.31. The predicted molar refractivity (Wildman–Crippen MR) is 110 cm³/mol. The van der Waals surface area contributed by atoms with E-state index in [0.717, 1.165) is 60.6 Å². The molecule has 0 amide bonds. The minimum absolute atomic E-state index is 0.178. The molecule has 1 aliphatic rings. The van der Waals surface area contributed by atoms with E-state index in [9.17, 15) is 4.39 Å². The fraction of sp³-hybridized carbons (Fsp3) is 0.261. The molecule has 1 fully saturated rings. The summed E-state index contributed by atoms with van der Waals surface area (Å²) in [6, 6.07) is 14.9. The Morgan fingerprint density at radius 1 is 1.07 bits per heavy atom. The van der Waals surface area contributed by atoms with Gasteiger partial charge in [0.1, 0.15) is 5.82 Å². The zero-order valence-electron chi connectivity index (χ0n) is 16.1. The van der Waals surface area contributed by atoms with Gasteiger partial charge in [-0.2, -0.15) is 5.10 Å². The van der Waals surface area contributed by atoms with E-state index in [1.807, 2.05) is 41.2 Å². The molecule has 4 heterocycles. The Bertz CT molecular complexity index is 1120. The Hall–Kier alpha value is -3.12. The number of hydrogen-bond acceptors (Lipinski definition) is 4. The van der Waals surface area contributed by atoms with Crippen LogP contribution in [0.4, 0.5) is 4.39 Å². The molecule has 0 aliphatic carbocycles. The summed E-state index contributed by atoms with van der Waals surface area (Å²) in [5.74, 6) is 0.999. The summed E-state index contributed by atoms with van der Waals surface area (Å²) in [4.78, 5) is 11.3. The van der Waals surface area contributed by atoms with Crippen LogP contribution >= 0.6 is 0 Å². The number of piperidine rings is 1. The van der Waals surface area contributed by atoms with Crippen LogP contribution in [0.2, 0.25) is 0 Å². The van der Waals surface area contributed by atoms with Gasteiger partial charge >= 0.3 is 0 Å². The molecule has 1 atom stereocenters. The number of hydrogen-bond donors (Lipinski definition) is 0. The van der Waals surface area contributed by atoms with Gasteiger partial charge in [0.2, 0.25) is 0 Å². The van der Waals surface area contributed by atoms with Crippen molar-refractivity contribution in [2.75, 3.05) is 13.1 Å². The molecule has 0 radical (unpaired) electrons. The molecule has 0 saturated carbocycles. The van der Waals surface area contributed by atoms with E-state index in [2.05, 4.69) is 16.0 Å². The molecular weight excluding hydrogens is 365 g/mol. The number of benzene rings is 1. The molecule has 6 heteroatoms. The maximum Gasteiger partial charge on any atom is 0.156 e. The molecule has 1 saturated heterocycles. The summed E-state index contributed by atoms with van der Waals surface area (Å²) >= 11 is 0. The maximum atomic E-state index is 13.5. The Morgan fingerprint density at radius 3 is 2.90 bits per heavy atom. The first kappa shape index (κ1) is 17.9. The topological polar surface area (TPSA) is 46.3 Å². The summed E-state index contributed by atoms with van der Waals surface area (Å²) in [7, 11) is 0. The van der Waals surface area contributed by atoms with E-state index in [4.69, 9.17) is 10.1 Å². The van der Waals surface area contributed by atoms with Crippen LogP contribution in [-0.2, 0) is 6.54 Å². The van der Waals surface area contributed by atoms with Crippen molar-refractivity contribution < 1.29 is 4.39 Å². The van der Waals surface area contributed by atoms with Gasteiger partial charge in [-0.3, -0.25) is 9.88 Å². The number of rotatable bonds is 4. The van der Waals surface area contributed by atoms with Crippen molar-refractivity contribution in [3.8, 4) is 11.1 Å². The highest BCUT2D eigenvalue weighted by atomic mass is 19.1. The third kappa shape index (κ3) is 3.89. The number of halogens is 1. The number of likely N-dealkylation sites (tertiary alicyclic amines) is 1. The number of nitrogens with zero attached hydrogens (tertiary/aromatic N) is 5. The number of fused-ring (bicyclic) bond motifs is 1. The molecule has 5 rings (SSSR count). The van der Waals surface area contributed by atoms with E-state index in [1.54, 1.807) is 18.3 Å². The third-order valence-electron chi connectivity index (χ3n) is 5.51. The van der Waals surface area contributed by atoms with Gasteiger partial charge in [-0.25, -0.2) is 13.9 Å². The van der Waals surface area contributed by atoms with Crippen LogP contribution in [0.15, 0.2) is 67.1 Å². The minimum Gasteiger partial charge on any atom is -0.298 e. The lowest BCUT2D eigenvalue weighted by Gasteiger charge is -2.31. The average Bonchev–Trinajstić information content (AvgIpc) is 3.18. The van der Waals surface area contributed by atoms with Gasteiger partial charge < -0.3 is 0 Å². The van der Waals surface area contributed by atoms with Crippen LogP contribution in [0.25, 0.3) is 16.8 Å². The Balaban J connectivity index is 1.35. The number of aromatic nitrogens is 4. The second-order valence-corrected chi connectivity index (χ2v) is 7.64. The molecular formula is C23H22FN5. The minimum atomic E-state index is -0.178. The molecule has 0 N–H and O–H groups in total. The first-order valence-electron chi connectivity index (χ1n) is 9.98. The summed E-state index contributed by atoms with van der Waals surface area (Å²) < 4.78 is 15.4. The molecule has 4 aromatic rings.